The topological polar surface area (TPSA) is 35.2 Å². The van der Waals surface area contributed by atoms with Crippen molar-refractivity contribution in [1.29, 1.82) is 0 Å². The largest absolute Gasteiger partial charge is 0.374 e. The summed E-state index contributed by atoms with van der Waals surface area (Å²) < 4.78 is 5.94. The summed E-state index contributed by atoms with van der Waals surface area (Å²) in [6.45, 7) is 7.13. The van der Waals surface area contributed by atoms with Gasteiger partial charge in [-0.05, 0) is 44.1 Å². The van der Waals surface area contributed by atoms with Gasteiger partial charge in [0, 0.05) is 17.5 Å². The van der Waals surface area contributed by atoms with Gasteiger partial charge in [-0.1, -0.05) is 19.9 Å². The minimum absolute atomic E-state index is 0.125. The normalized spacial score (nSPS) is 13.9. The van der Waals surface area contributed by atoms with Gasteiger partial charge in [-0.2, -0.15) is 0 Å². The third-order valence-electron chi connectivity index (χ3n) is 3.59. The quantitative estimate of drug-likeness (QED) is 0.770. The molecule has 1 unspecified atom stereocenters. The van der Waals surface area contributed by atoms with E-state index in [4.69, 9.17) is 10.5 Å². The van der Waals surface area contributed by atoms with Gasteiger partial charge in [-0.25, -0.2) is 0 Å². The summed E-state index contributed by atoms with van der Waals surface area (Å²) in [5.74, 6) is 0. The minimum Gasteiger partial charge on any atom is -0.374 e. The van der Waals surface area contributed by atoms with Crippen LogP contribution in [-0.4, -0.2) is 18.2 Å². The molecular weight excluding hydrogens is 230 g/mol. The van der Waals surface area contributed by atoms with Crippen molar-refractivity contribution in [2.45, 2.75) is 58.1 Å². The molecule has 98 valence electrons. The summed E-state index contributed by atoms with van der Waals surface area (Å²) in [5.41, 5.74) is 6.22. The van der Waals surface area contributed by atoms with Crippen LogP contribution >= 0.6 is 11.3 Å². The Morgan fingerprint density at radius 3 is 2.53 bits per heavy atom. The maximum Gasteiger partial charge on any atom is 0.0827 e. The van der Waals surface area contributed by atoms with Crippen molar-refractivity contribution in [2.24, 2.45) is 5.73 Å². The monoisotopic (exact) mass is 255 g/mol. The number of thiophene rings is 1. The first-order valence-corrected chi connectivity index (χ1v) is 7.48. The molecule has 0 saturated carbocycles. The van der Waals surface area contributed by atoms with E-state index in [1.54, 1.807) is 0 Å². The van der Waals surface area contributed by atoms with Crippen molar-refractivity contribution in [2.75, 3.05) is 6.61 Å². The molecule has 0 saturated heterocycles. The van der Waals surface area contributed by atoms with E-state index in [9.17, 15) is 0 Å². The second-order valence-electron chi connectivity index (χ2n) is 4.43. The SMILES string of the molecule is CCOC(CC)(CC)C(N)CCc1cccs1. The highest BCUT2D eigenvalue weighted by Gasteiger charge is 2.33. The highest BCUT2D eigenvalue weighted by Crippen LogP contribution is 2.27. The molecule has 0 bridgehead atoms. The summed E-state index contributed by atoms with van der Waals surface area (Å²) >= 11 is 1.81. The van der Waals surface area contributed by atoms with Crippen LogP contribution in [0.4, 0.5) is 0 Å². The number of hydrogen-bond acceptors (Lipinski definition) is 3. The molecular formula is C14H25NOS. The van der Waals surface area contributed by atoms with Crippen LogP contribution in [0.25, 0.3) is 0 Å². The number of rotatable bonds is 8. The third-order valence-corrected chi connectivity index (χ3v) is 4.52. The van der Waals surface area contributed by atoms with Crippen molar-refractivity contribution < 1.29 is 4.74 Å². The van der Waals surface area contributed by atoms with Crippen LogP contribution < -0.4 is 5.73 Å². The van der Waals surface area contributed by atoms with Crippen LogP contribution in [0.5, 0.6) is 0 Å². The van der Waals surface area contributed by atoms with Gasteiger partial charge >= 0.3 is 0 Å². The van der Waals surface area contributed by atoms with Crippen molar-refractivity contribution in [1.82, 2.24) is 0 Å². The molecule has 1 atom stereocenters. The number of hydrogen-bond donors (Lipinski definition) is 1. The van der Waals surface area contributed by atoms with E-state index in [2.05, 4.69) is 31.4 Å². The number of aryl methyl sites for hydroxylation is 1. The molecule has 0 fully saturated rings. The van der Waals surface area contributed by atoms with E-state index >= 15 is 0 Å². The fraction of sp³-hybridized carbons (Fsp3) is 0.714. The van der Waals surface area contributed by atoms with Crippen LogP contribution in [0.15, 0.2) is 17.5 Å². The summed E-state index contributed by atoms with van der Waals surface area (Å²) in [5, 5.41) is 2.12. The maximum atomic E-state index is 6.36. The van der Waals surface area contributed by atoms with Crippen molar-refractivity contribution in [3.8, 4) is 0 Å². The van der Waals surface area contributed by atoms with Gasteiger partial charge in [0.25, 0.3) is 0 Å². The molecule has 0 aliphatic carbocycles. The summed E-state index contributed by atoms with van der Waals surface area (Å²) in [7, 11) is 0. The van der Waals surface area contributed by atoms with Gasteiger partial charge < -0.3 is 10.5 Å². The van der Waals surface area contributed by atoms with Crippen LogP contribution in [0.1, 0.15) is 44.9 Å². The zero-order chi connectivity index (χ0) is 12.7. The summed E-state index contributed by atoms with van der Waals surface area (Å²) in [6.07, 6.45) is 4.04. The first-order valence-electron chi connectivity index (χ1n) is 6.60. The molecule has 17 heavy (non-hydrogen) atoms. The second kappa shape index (κ2) is 7.14. The van der Waals surface area contributed by atoms with E-state index in [1.165, 1.54) is 4.88 Å². The highest BCUT2D eigenvalue weighted by atomic mass is 32.1. The molecule has 1 aromatic rings. The highest BCUT2D eigenvalue weighted by molar-refractivity contribution is 7.09. The fourth-order valence-electron chi connectivity index (χ4n) is 2.39. The predicted octanol–water partition coefficient (Wildman–Crippen LogP) is 3.60. The van der Waals surface area contributed by atoms with E-state index in [0.717, 1.165) is 32.3 Å². The van der Waals surface area contributed by atoms with Crippen LogP contribution in [-0.2, 0) is 11.2 Å². The molecule has 0 aromatic carbocycles. The van der Waals surface area contributed by atoms with Gasteiger partial charge in [-0.15, -0.1) is 11.3 Å². The Hall–Kier alpha value is -0.380. The van der Waals surface area contributed by atoms with E-state index in [0.29, 0.717) is 0 Å². The van der Waals surface area contributed by atoms with Crippen molar-refractivity contribution >= 4 is 11.3 Å². The van der Waals surface area contributed by atoms with Crippen LogP contribution in [0.3, 0.4) is 0 Å². The van der Waals surface area contributed by atoms with Gasteiger partial charge in [0.05, 0.1) is 5.60 Å². The first-order chi connectivity index (χ1) is 8.18. The van der Waals surface area contributed by atoms with Gasteiger partial charge in [0.15, 0.2) is 0 Å². The molecule has 0 aliphatic rings. The zero-order valence-electron chi connectivity index (χ0n) is 11.2. The van der Waals surface area contributed by atoms with E-state index < -0.39 is 0 Å². The van der Waals surface area contributed by atoms with Crippen LogP contribution in [0, 0.1) is 0 Å². The predicted molar refractivity (Wildman–Crippen MR) is 75.6 cm³/mol. The Bertz CT molecular complexity index is 293. The molecule has 2 nitrogen and oxygen atoms in total. The van der Waals surface area contributed by atoms with Gasteiger partial charge in [0.1, 0.15) is 0 Å². The lowest BCUT2D eigenvalue weighted by Gasteiger charge is -2.37. The molecule has 0 radical (unpaired) electrons. The standard InChI is InChI=1S/C14H25NOS/c1-4-14(5-2,16-6-3)13(15)10-9-12-8-7-11-17-12/h7-8,11,13H,4-6,9-10,15H2,1-3H3. The Kier molecular flexibility index (Phi) is 6.17. The second-order valence-corrected chi connectivity index (χ2v) is 5.46. The summed E-state index contributed by atoms with van der Waals surface area (Å²) in [6, 6.07) is 4.40. The Balaban J connectivity index is 2.55. The van der Waals surface area contributed by atoms with Crippen molar-refractivity contribution in [3.05, 3.63) is 22.4 Å². The molecule has 1 rings (SSSR count). The van der Waals surface area contributed by atoms with Gasteiger partial charge in [0.2, 0.25) is 0 Å². The molecule has 0 aliphatic heterocycles. The lowest BCUT2D eigenvalue weighted by molar-refractivity contribution is -0.0649. The van der Waals surface area contributed by atoms with Crippen molar-refractivity contribution in [3.63, 3.8) is 0 Å². The molecule has 3 heteroatoms. The first kappa shape index (κ1) is 14.7. The maximum absolute atomic E-state index is 6.36. The smallest absolute Gasteiger partial charge is 0.0827 e. The molecule has 1 heterocycles. The lowest BCUT2D eigenvalue weighted by Crippen LogP contribution is -2.49. The third kappa shape index (κ3) is 3.80. The number of nitrogens with two attached hydrogens (primary N) is 1. The molecule has 1 aromatic heterocycles. The van der Waals surface area contributed by atoms with Gasteiger partial charge in [-0.3, -0.25) is 0 Å². The van der Waals surface area contributed by atoms with E-state index in [-0.39, 0.29) is 11.6 Å². The molecule has 0 amide bonds. The molecule has 2 N–H and O–H groups in total. The Morgan fingerprint density at radius 2 is 2.06 bits per heavy atom. The van der Waals surface area contributed by atoms with E-state index in [1.807, 2.05) is 18.3 Å². The average molecular weight is 255 g/mol. The average Bonchev–Trinajstić information content (AvgIpc) is 2.86. The molecule has 0 spiro atoms. The lowest BCUT2D eigenvalue weighted by atomic mass is 9.86. The van der Waals surface area contributed by atoms with Crippen LogP contribution in [0.2, 0.25) is 0 Å². The zero-order valence-corrected chi connectivity index (χ0v) is 12.1. The number of ether oxygens (including phenoxy) is 1. The summed E-state index contributed by atoms with van der Waals surface area (Å²) in [4.78, 5) is 1.41. The fourth-order valence-corrected chi connectivity index (χ4v) is 3.11. The Labute approximate surface area is 109 Å². The Morgan fingerprint density at radius 1 is 1.35 bits per heavy atom. The minimum atomic E-state index is -0.133.